The lowest BCUT2D eigenvalue weighted by molar-refractivity contribution is 0.245. The topological polar surface area (TPSA) is 56.7 Å². The summed E-state index contributed by atoms with van der Waals surface area (Å²) in [5.74, 6) is 1.90. The van der Waals surface area contributed by atoms with Crippen LogP contribution >= 0.6 is 24.0 Å². The van der Waals surface area contributed by atoms with Crippen molar-refractivity contribution in [3.05, 3.63) is 35.4 Å². The van der Waals surface area contributed by atoms with E-state index >= 15 is 0 Å². The Kier molecular flexibility index (Phi) is 13.0. The number of aliphatic imine (C=N–C) groups is 1. The number of nitrogens with one attached hydrogen (secondary N) is 2. The van der Waals surface area contributed by atoms with Gasteiger partial charge in [-0.1, -0.05) is 38.1 Å². The molecule has 0 bridgehead atoms. The van der Waals surface area contributed by atoms with Crippen molar-refractivity contribution in [1.29, 1.82) is 0 Å². The molecule has 0 aliphatic heterocycles. The van der Waals surface area contributed by atoms with Crippen LogP contribution in [0, 0.1) is 18.8 Å². The summed E-state index contributed by atoms with van der Waals surface area (Å²) < 4.78 is 0. The lowest BCUT2D eigenvalue weighted by atomic mass is 9.94. The Morgan fingerprint density at radius 2 is 1.88 bits per heavy atom. The molecule has 0 heterocycles. The molecule has 0 aliphatic carbocycles. The first-order valence-corrected chi connectivity index (χ1v) is 9.19. The predicted molar refractivity (Wildman–Crippen MR) is 119 cm³/mol. The largest absolute Gasteiger partial charge is 0.396 e. The average molecular weight is 461 g/mol. The van der Waals surface area contributed by atoms with E-state index in [4.69, 9.17) is 4.99 Å². The van der Waals surface area contributed by atoms with Crippen molar-refractivity contribution in [2.75, 3.05) is 19.7 Å². The Morgan fingerprint density at radius 3 is 2.44 bits per heavy atom. The molecule has 0 aromatic heterocycles. The molecule has 5 heteroatoms. The second-order valence-electron chi connectivity index (χ2n) is 6.95. The number of guanidine groups is 1. The van der Waals surface area contributed by atoms with Crippen LogP contribution in [0.3, 0.4) is 0 Å². The SMILES string of the molecule is CCNC(=NCC(CCO)CC(C)C)NC(C)c1ccccc1C.I. The molecule has 0 amide bonds. The van der Waals surface area contributed by atoms with Crippen LogP contribution < -0.4 is 10.6 Å². The second-order valence-corrected chi connectivity index (χ2v) is 6.95. The summed E-state index contributed by atoms with van der Waals surface area (Å²) in [5.41, 5.74) is 2.57. The van der Waals surface area contributed by atoms with Crippen molar-refractivity contribution in [1.82, 2.24) is 10.6 Å². The fourth-order valence-corrected chi connectivity index (χ4v) is 3.03. The van der Waals surface area contributed by atoms with E-state index in [1.165, 1.54) is 11.1 Å². The Morgan fingerprint density at radius 1 is 1.20 bits per heavy atom. The van der Waals surface area contributed by atoms with E-state index < -0.39 is 0 Å². The highest BCUT2D eigenvalue weighted by Crippen LogP contribution is 2.17. The first kappa shape index (κ1) is 24.2. The lowest BCUT2D eigenvalue weighted by Crippen LogP contribution is -2.39. The molecule has 1 rings (SSSR count). The summed E-state index contributed by atoms with van der Waals surface area (Å²) in [6.45, 7) is 12.6. The first-order chi connectivity index (χ1) is 11.5. The van der Waals surface area contributed by atoms with Gasteiger partial charge in [0, 0.05) is 19.7 Å². The van der Waals surface area contributed by atoms with Gasteiger partial charge in [-0.2, -0.15) is 0 Å². The maximum Gasteiger partial charge on any atom is 0.191 e. The van der Waals surface area contributed by atoms with E-state index in [2.05, 4.69) is 69.5 Å². The van der Waals surface area contributed by atoms with Crippen LogP contribution in [-0.4, -0.2) is 30.8 Å². The number of nitrogens with zero attached hydrogens (tertiary/aromatic N) is 1. The molecule has 0 spiro atoms. The van der Waals surface area contributed by atoms with E-state index in [-0.39, 0.29) is 36.6 Å². The van der Waals surface area contributed by atoms with Gasteiger partial charge in [0.2, 0.25) is 0 Å². The minimum absolute atomic E-state index is 0. The summed E-state index contributed by atoms with van der Waals surface area (Å²) in [6, 6.07) is 8.63. The molecule has 1 aromatic carbocycles. The second kappa shape index (κ2) is 13.4. The molecule has 25 heavy (non-hydrogen) atoms. The summed E-state index contributed by atoms with van der Waals surface area (Å²) in [6.07, 6.45) is 1.91. The number of hydrogen-bond acceptors (Lipinski definition) is 2. The van der Waals surface area contributed by atoms with Gasteiger partial charge in [-0.15, -0.1) is 24.0 Å². The Labute approximate surface area is 170 Å². The van der Waals surface area contributed by atoms with Crippen molar-refractivity contribution in [3.63, 3.8) is 0 Å². The highest BCUT2D eigenvalue weighted by atomic mass is 127. The van der Waals surface area contributed by atoms with Gasteiger partial charge in [0.05, 0.1) is 6.04 Å². The molecular weight excluding hydrogens is 425 g/mol. The maximum absolute atomic E-state index is 9.26. The lowest BCUT2D eigenvalue weighted by Gasteiger charge is -2.21. The molecule has 144 valence electrons. The minimum Gasteiger partial charge on any atom is -0.396 e. The van der Waals surface area contributed by atoms with Crippen molar-refractivity contribution >= 4 is 29.9 Å². The zero-order valence-corrected chi connectivity index (χ0v) is 18.7. The molecule has 0 fully saturated rings. The molecule has 1 aromatic rings. The summed E-state index contributed by atoms with van der Waals surface area (Å²) in [5, 5.41) is 16.1. The molecule has 3 N–H and O–H groups in total. The number of rotatable bonds is 9. The van der Waals surface area contributed by atoms with Gasteiger partial charge in [0.15, 0.2) is 5.96 Å². The third kappa shape index (κ3) is 9.45. The molecule has 0 radical (unpaired) electrons. The van der Waals surface area contributed by atoms with Crippen LogP contribution in [0.15, 0.2) is 29.3 Å². The third-order valence-electron chi connectivity index (χ3n) is 4.20. The summed E-state index contributed by atoms with van der Waals surface area (Å²) in [7, 11) is 0. The molecule has 0 saturated heterocycles. The standard InChI is InChI=1S/C20H35N3O.HI/c1-6-21-20(22-14-18(11-12-24)13-15(2)3)23-17(5)19-10-8-7-9-16(19)4;/h7-10,15,17-18,24H,6,11-14H2,1-5H3,(H2,21,22,23);1H. The van der Waals surface area contributed by atoms with Crippen LogP contribution in [-0.2, 0) is 0 Å². The van der Waals surface area contributed by atoms with Gasteiger partial charge in [-0.3, -0.25) is 4.99 Å². The summed E-state index contributed by atoms with van der Waals surface area (Å²) >= 11 is 0. The number of hydrogen-bond donors (Lipinski definition) is 3. The molecule has 4 nitrogen and oxygen atoms in total. The van der Waals surface area contributed by atoms with Gasteiger partial charge in [-0.05, 0) is 56.6 Å². The number of aryl methyl sites for hydroxylation is 1. The Balaban J connectivity index is 0.00000576. The zero-order chi connectivity index (χ0) is 17.9. The maximum atomic E-state index is 9.26. The van der Waals surface area contributed by atoms with E-state index in [1.54, 1.807) is 0 Å². The van der Waals surface area contributed by atoms with Gasteiger partial charge in [-0.25, -0.2) is 0 Å². The fourth-order valence-electron chi connectivity index (χ4n) is 3.03. The monoisotopic (exact) mass is 461 g/mol. The predicted octanol–water partition coefficient (Wildman–Crippen LogP) is 4.27. The Bertz CT molecular complexity index is 505. The van der Waals surface area contributed by atoms with E-state index in [0.29, 0.717) is 11.8 Å². The number of aliphatic hydroxyl groups excluding tert-OH is 1. The van der Waals surface area contributed by atoms with E-state index in [0.717, 1.165) is 31.9 Å². The van der Waals surface area contributed by atoms with Crippen LogP contribution in [0.4, 0.5) is 0 Å². The van der Waals surface area contributed by atoms with Crippen molar-refractivity contribution in [3.8, 4) is 0 Å². The van der Waals surface area contributed by atoms with Gasteiger partial charge < -0.3 is 15.7 Å². The van der Waals surface area contributed by atoms with Crippen molar-refractivity contribution < 1.29 is 5.11 Å². The number of aliphatic hydroxyl groups is 1. The normalized spacial score (nSPS) is 14.0. The van der Waals surface area contributed by atoms with Crippen LogP contribution in [0.1, 0.15) is 57.7 Å². The smallest absolute Gasteiger partial charge is 0.191 e. The van der Waals surface area contributed by atoms with Crippen LogP contribution in [0.2, 0.25) is 0 Å². The van der Waals surface area contributed by atoms with E-state index in [1.807, 2.05) is 0 Å². The number of halogens is 1. The van der Waals surface area contributed by atoms with Gasteiger partial charge in [0.25, 0.3) is 0 Å². The summed E-state index contributed by atoms with van der Waals surface area (Å²) in [4.78, 5) is 4.76. The highest BCUT2D eigenvalue weighted by molar-refractivity contribution is 14.0. The van der Waals surface area contributed by atoms with Crippen molar-refractivity contribution in [2.24, 2.45) is 16.8 Å². The van der Waals surface area contributed by atoms with Gasteiger partial charge >= 0.3 is 0 Å². The Hall–Kier alpha value is -0.820. The van der Waals surface area contributed by atoms with E-state index in [9.17, 15) is 5.11 Å². The molecule has 2 unspecified atom stereocenters. The minimum atomic E-state index is 0. The zero-order valence-electron chi connectivity index (χ0n) is 16.4. The van der Waals surface area contributed by atoms with Crippen LogP contribution in [0.25, 0.3) is 0 Å². The molecule has 0 saturated carbocycles. The number of benzene rings is 1. The first-order valence-electron chi connectivity index (χ1n) is 9.19. The average Bonchev–Trinajstić information content (AvgIpc) is 2.52. The molecule has 0 aliphatic rings. The van der Waals surface area contributed by atoms with Crippen LogP contribution in [0.5, 0.6) is 0 Å². The fraction of sp³-hybridized carbons (Fsp3) is 0.650. The van der Waals surface area contributed by atoms with Crippen molar-refractivity contribution in [2.45, 2.75) is 53.5 Å². The molecular formula is C20H36IN3O. The highest BCUT2D eigenvalue weighted by Gasteiger charge is 2.13. The van der Waals surface area contributed by atoms with Gasteiger partial charge in [0.1, 0.15) is 0 Å². The third-order valence-corrected chi connectivity index (χ3v) is 4.20. The quantitative estimate of drug-likeness (QED) is 0.293. The molecule has 2 atom stereocenters.